The Bertz CT molecular complexity index is 169. The van der Waals surface area contributed by atoms with Crippen molar-refractivity contribution in [3.63, 3.8) is 0 Å². The minimum atomic E-state index is 0.850. The van der Waals surface area contributed by atoms with Crippen LogP contribution >= 0.6 is 0 Å². The Kier molecular flexibility index (Phi) is 6.27. The molecular weight excluding hydrogens is 214 g/mol. The number of ether oxygens (including phenoxy) is 1. The second-order valence-electron chi connectivity index (χ2n) is 5.21. The molecule has 2 aliphatic heterocycles. The van der Waals surface area contributed by atoms with Gasteiger partial charge in [0.05, 0.1) is 0 Å². The van der Waals surface area contributed by atoms with Crippen molar-refractivity contribution in [2.45, 2.75) is 19.3 Å². The van der Waals surface area contributed by atoms with Crippen LogP contribution in [0.2, 0.25) is 0 Å². The van der Waals surface area contributed by atoms with Crippen molar-refractivity contribution in [1.29, 1.82) is 0 Å². The molecule has 2 heterocycles. The molecular formula is C13H27N3O. The van der Waals surface area contributed by atoms with Gasteiger partial charge in [0.2, 0.25) is 0 Å². The topological polar surface area (TPSA) is 36.5 Å². The monoisotopic (exact) mass is 241 g/mol. The van der Waals surface area contributed by atoms with Crippen LogP contribution in [0.1, 0.15) is 19.3 Å². The van der Waals surface area contributed by atoms with Gasteiger partial charge in [0.1, 0.15) is 0 Å². The molecule has 0 aromatic rings. The smallest absolute Gasteiger partial charge is 0.0469 e. The van der Waals surface area contributed by atoms with Crippen molar-refractivity contribution in [2.24, 2.45) is 5.92 Å². The fourth-order valence-electron chi connectivity index (χ4n) is 2.62. The molecule has 0 amide bonds. The van der Waals surface area contributed by atoms with E-state index in [1.807, 2.05) is 0 Å². The van der Waals surface area contributed by atoms with E-state index >= 15 is 0 Å². The van der Waals surface area contributed by atoms with Crippen molar-refractivity contribution >= 4 is 0 Å². The van der Waals surface area contributed by atoms with E-state index in [1.165, 1.54) is 52.0 Å². The van der Waals surface area contributed by atoms with Gasteiger partial charge < -0.3 is 20.3 Å². The Morgan fingerprint density at radius 2 is 1.94 bits per heavy atom. The minimum Gasteiger partial charge on any atom is -0.381 e. The SMILES string of the molecule is C(CNCC1CCOCC1)CN1CCNCC1. The van der Waals surface area contributed by atoms with Crippen molar-refractivity contribution in [2.75, 3.05) is 59.0 Å². The van der Waals surface area contributed by atoms with E-state index in [-0.39, 0.29) is 0 Å². The quantitative estimate of drug-likeness (QED) is 0.656. The summed E-state index contributed by atoms with van der Waals surface area (Å²) in [6.07, 6.45) is 3.76. The molecule has 0 aromatic heterocycles. The maximum absolute atomic E-state index is 5.37. The Labute approximate surface area is 105 Å². The zero-order valence-corrected chi connectivity index (χ0v) is 10.9. The van der Waals surface area contributed by atoms with Gasteiger partial charge in [-0.05, 0) is 44.8 Å². The molecule has 2 fully saturated rings. The maximum Gasteiger partial charge on any atom is 0.0469 e. The van der Waals surface area contributed by atoms with Crippen molar-refractivity contribution < 1.29 is 4.74 Å². The predicted molar refractivity (Wildman–Crippen MR) is 70.3 cm³/mol. The summed E-state index contributed by atoms with van der Waals surface area (Å²) in [7, 11) is 0. The van der Waals surface area contributed by atoms with E-state index in [0.717, 1.165) is 32.2 Å². The summed E-state index contributed by atoms with van der Waals surface area (Å²) in [5.74, 6) is 0.850. The number of piperazine rings is 1. The lowest BCUT2D eigenvalue weighted by Gasteiger charge is -2.27. The molecule has 17 heavy (non-hydrogen) atoms. The molecule has 2 aliphatic rings. The highest BCUT2D eigenvalue weighted by Gasteiger charge is 2.13. The van der Waals surface area contributed by atoms with Gasteiger partial charge in [-0.15, -0.1) is 0 Å². The van der Waals surface area contributed by atoms with Gasteiger partial charge in [-0.25, -0.2) is 0 Å². The van der Waals surface area contributed by atoms with Gasteiger partial charge in [-0.3, -0.25) is 0 Å². The summed E-state index contributed by atoms with van der Waals surface area (Å²) < 4.78 is 5.37. The maximum atomic E-state index is 5.37. The lowest BCUT2D eigenvalue weighted by atomic mass is 10.0. The van der Waals surface area contributed by atoms with E-state index in [9.17, 15) is 0 Å². The van der Waals surface area contributed by atoms with E-state index in [1.54, 1.807) is 0 Å². The highest BCUT2D eigenvalue weighted by Crippen LogP contribution is 2.12. The first-order chi connectivity index (χ1) is 8.45. The van der Waals surface area contributed by atoms with E-state index in [2.05, 4.69) is 15.5 Å². The van der Waals surface area contributed by atoms with Crippen molar-refractivity contribution in [3.05, 3.63) is 0 Å². The van der Waals surface area contributed by atoms with Gasteiger partial charge >= 0.3 is 0 Å². The standard InChI is InChI=1S/C13H27N3O/c1(7-16-8-5-14-6-9-16)4-15-12-13-2-10-17-11-3-13/h13-15H,1-12H2. The van der Waals surface area contributed by atoms with Crippen LogP contribution in [0.5, 0.6) is 0 Å². The summed E-state index contributed by atoms with van der Waals surface area (Å²) in [4.78, 5) is 2.56. The molecule has 0 atom stereocenters. The van der Waals surface area contributed by atoms with Gasteiger partial charge in [0.15, 0.2) is 0 Å². The van der Waals surface area contributed by atoms with Crippen LogP contribution in [0.3, 0.4) is 0 Å². The molecule has 0 saturated carbocycles. The van der Waals surface area contributed by atoms with Crippen LogP contribution in [-0.2, 0) is 4.74 Å². The largest absolute Gasteiger partial charge is 0.381 e. The van der Waals surface area contributed by atoms with Crippen LogP contribution in [-0.4, -0.2) is 63.9 Å². The third-order valence-corrected chi connectivity index (χ3v) is 3.81. The van der Waals surface area contributed by atoms with Crippen LogP contribution < -0.4 is 10.6 Å². The molecule has 2 saturated heterocycles. The Morgan fingerprint density at radius 3 is 2.71 bits per heavy atom. The predicted octanol–water partition coefficient (Wildman–Crippen LogP) is 0.298. The lowest BCUT2D eigenvalue weighted by molar-refractivity contribution is 0.0663. The first-order valence-electron chi connectivity index (χ1n) is 7.16. The average molecular weight is 241 g/mol. The fourth-order valence-corrected chi connectivity index (χ4v) is 2.62. The minimum absolute atomic E-state index is 0.850. The molecule has 0 bridgehead atoms. The molecule has 2 N–H and O–H groups in total. The van der Waals surface area contributed by atoms with Crippen molar-refractivity contribution in [1.82, 2.24) is 15.5 Å². The normalized spacial score (nSPS) is 24.0. The molecule has 0 unspecified atom stereocenters. The van der Waals surface area contributed by atoms with E-state index in [4.69, 9.17) is 4.74 Å². The van der Waals surface area contributed by atoms with Crippen LogP contribution in [0.15, 0.2) is 0 Å². The molecule has 0 spiro atoms. The van der Waals surface area contributed by atoms with Gasteiger partial charge in [0, 0.05) is 39.4 Å². The van der Waals surface area contributed by atoms with Gasteiger partial charge in [0.25, 0.3) is 0 Å². The molecule has 4 heteroatoms. The highest BCUT2D eigenvalue weighted by atomic mass is 16.5. The third kappa shape index (κ3) is 5.34. The number of rotatable bonds is 6. The Morgan fingerprint density at radius 1 is 1.18 bits per heavy atom. The number of hydrogen-bond donors (Lipinski definition) is 2. The highest BCUT2D eigenvalue weighted by molar-refractivity contribution is 4.69. The van der Waals surface area contributed by atoms with Crippen molar-refractivity contribution in [3.8, 4) is 0 Å². The van der Waals surface area contributed by atoms with Gasteiger partial charge in [-0.2, -0.15) is 0 Å². The third-order valence-electron chi connectivity index (χ3n) is 3.81. The average Bonchev–Trinajstić information content (AvgIpc) is 2.41. The molecule has 100 valence electrons. The first-order valence-corrected chi connectivity index (χ1v) is 7.16. The molecule has 2 rings (SSSR count). The summed E-state index contributed by atoms with van der Waals surface area (Å²) in [5, 5.41) is 6.99. The molecule has 0 radical (unpaired) electrons. The number of nitrogens with zero attached hydrogens (tertiary/aromatic N) is 1. The fraction of sp³-hybridized carbons (Fsp3) is 1.00. The number of nitrogens with one attached hydrogen (secondary N) is 2. The summed E-state index contributed by atoms with van der Waals surface area (Å²) in [5.41, 5.74) is 0. The number of hydrogen-bond acceptors (Lipinski definition) is 4. The zero-order chi connectivity index (χ0) is 11.8. The molecule has 0 aliphatic carbocycles. The second-order valence-corrected chi connectivity index (χ2v) is 5.21. The Hall–Kier alpha value is -0.160. The molecule has 0 aromatic carbocycles. The van der Waals surface area contributed by atoms with Gasteiger partial charge in [-0.1, -0.05) is 0 Å². The second kappa shape index (κ2) is 8.03. The zero-order valence-electron chi connectivity index (χ0n) is 10.9. The summed E-state index contributed by atoms with van der Waals surface area (Å²) >= 11 is 0. The summed E-state index contributed by atoms with van der Waals surface area (Å²) in [6, 6.07) is 0. The van der Waals surface area contributed by atoms with Crippen LogP contribution in [0.25, 0.3) is 0 Å². The van der Waals surface area contributed by atoms with Crippen LogP contribution in [0.4, 0.5) is 0 Å². The van der Waals surface area contributed by atoms with E-state index < -0.39 is 0 Å². The summed E-state index contributed by atoms with van der Waals surface area (Å²) in [6.45, 7) is 10.3. The van der Waals surface area contributed by atoms with Crippen LogP contribution in [0, 0.1) is 5.92 Å². The molecule has 4 nitrogen and oxygen atoms in total. The Balaban J connectivity index is 1.42. The lowest BCUT2D eigenvalue weighted by Crippen LogP contribution is -2.44. The van der Waals surface area contributed by atoms with E-state index in [0.29, 0.717) is 0 Å². The first kappa shape index (κ1) is 13.3.